The highest BCUT2D eigenvalue weighted by Crippen LogP contribution is 2.45. The summed E-state index contributed by atoms with van der Waals surface area (Å²) in [6.45, 7) is 10.5. The molecule has 1 aliphatic carbocycles. The van der Waals surface area contributed by atoms with Crippen molar-refractivity contribution < 1.29 is 9.47 Å². The zero-order valence-corrected chi connectivity index (χ0v) is 10.5. The van der Waals surface area contributed by atoms with Crippen LogP contribution in [0.4, 0.5) is 0 Å². The van der Waals surface area contributed by atoms with Crippen molar-refractivity contribution in [3.63, 3.8) is 0 Å². The van der Waals surface area contributed by atoms with Crippen LogP contribution in [0.5, 0.6) is 0 Å². The Labute approximate surface area is 93.3 Å². The van der Waals surface area contributed by atoms with E-state index in [1.54, 1.807) is 0 Å². The summed E-state index contributed by atoms with van der Waals surface area (Å²) in [7, 11) is 0. The molecule has 0 N–H and O–H groups in total. The second-order valence-corrected chi connectivity index (χ2v) is 6.45. The third-order valence-corrected chi connectivity index (χ3v) is 3.96. The van der Waals surface area contributed by atoms with Crippen LogP contribution in [0.25, 0.3) is 0 Å². The summed E-state index contributed by atoms with van der Waals surface area (Å²) in [5.41, 5.74) is 0.539. The predicted molar refractivity (Wildman–Crippen MR) is 60.6 cm³/mol. The van der Waals surface area contributed by atoms with E-state index in [9.17, 15) is 0 Å². The third-order valence-electron chi connectivity index (χ3n) is 3.96. The zero-order valence-electron chi connectivity index (χ0n) is 10.5. The number of ether oxygens (including phenoxy) is 2. The minimum absolute atomic E-state index is 0.357. The van der Waals surface area contributed by atoms with Crippen molar-refractivity contribution in [3.05, 3.63) is 0 Å². The second-order valence-electron chi connectivity index (χ2n) is 6.45. The van der Waals surface area contributed by atoms with E-state index in [2.05, 4.69) is 13.8 Å². The molecule has 0 amide bonds. The Balaban J connectivity index is 1.87. The summed E-state index contributed by atoms with van der Waals surface area (Å²) < 4.78 is 11.5. The van der Waals surface area contributed by atoms with Crippen molar-refractivity contribution in [2.45, 2.75) is 52.7 Å². The van der Waals surface area contributed by atoms with Gasteiger partial charge >= 0.3 is 0 Å². The first-order valence-electron chi connectivity index (χ1n) is 6.16. The normalized spacial score (nSPS) is 35.6. The van der Waals surface area contributed by atoms with Gasteiger partial charge in [0.1, 0.15) is 0 Å². The standard InChI is InChI=1S/C13H24O2/c1-12(2)6-5-10(7-12)11-8-14-13(3,4)15-9-11/h10-11H,5-9H2,1-4H3. The summed E-state index contributed by atoms with van der Waals surface area (Å²) in [4.78, 5) is 0. The van der Waals surface area contributed by atoms with Crippen molar-refractivity contribution in [2.24, 2.45) is 17.3 Å². The van der Waals surface area contributed by atoms with Gasteiger partial charge in [-0.1, -0.05) is 13.8 Å². The maximum atomic E-state index is 5.74. The van der Waals surface area contributed by atoms with Crippen molar-refractivity contribution >= 4 is 0 Å². The number of hydrogen-bond acceptors (Lipinski definition) is 2. The largest absolute Gasteiger partial charge is 0.350 e. The first kappa shape index (κ1) is 11.4. The molecule has 0 radical (unpaired) electrons. The summed E-state index contributed by atoms with van der Waals surface area (Å²) in [6.07, 6.45) is 4.05. The van der Waals surface area contributed by atoms with Gasteiger partial charge in [0.25, 0.3) is 0 Å². The second kappa shape index (κ2) is 3.74. The van der Waals surface area contributed by atoms with Gasteiger partial charge in [0.2, 0.25) is 0 Å². The topological polar surface area (TPSA) is 18.5 Å². The van der Waals surface area contributed by atoms with Crippen molar-refractivity contribution in [1.82, 2.24) is 0 Å². The lowest BCUT2D eigenvalue weighted by Crippen LogP contribution is -2.41. The van der Waals surface area contributed by atoms with Crippen LogP contribution in [0.1, 0.15) is 47.0 Å². The molecular formula is C13H24O2. The molecule has 2 nitrogen and oxygen atoms in total. The van der Waals surface area contributed by atoms with E-state index in [4.69, 9.17) is 9.47 Å². The van der Waals surface area contributed by atoms with E-state index >= 15 is 0 Å². The molecule has 1 heterocycles. The summed E-state index contributed by atoms with van der Waals surface area (Å²) in [5.74, 6) is 1.08. The molecule has 0 aromatic heterocycles. The molecule has 15 heavy (non-hydrogen) atoms. The first-order valence-corrected chi connectivity index (χ1v) is 6.16. The lowest BCUT2D eigenvalue weighted by atomic mass is 9.86. The van der Waals surface area contributed by atoms with Gasteiger partial charge in [-0.3, -0.25) is 0 Å². The average Bonchev–Trinajstić information content (AvgIpc) is 2.46. The highest BCUT2D eigenvalue weighted by Gasteiger charge is 2.39. The molecule has 1 aliphatic heterocycles. The van der Waals surface area contributed by atoms with Gasteiger partial charge in [0, 0.05) is 5.92 Å². The van der Waals surface area contributed by atoms with E-state index in [1.165, 1.54) is 19.3 Å². The first-order chi connectivity index (χ1) is 6.88. The molecule has 1 saturated carbocycles. The van der Waals surface area contributed by atoms with Crippen LogP contribution in [0, 0.1) is 17.3 Å². The molecule has 88 valence electrons. The Bertz CT molecular complexity index is 223. The maximum Gasteiger partial charge on any atom is 0.162 e. The molecule has 0 aromatic carbocycles. The summed E-state index contributed by atoms with van der Waals surface area (Å²) >= 11 is 0. The highest BCUT2D eigenvalue weighted by molar-refractivity contribution is 4.87. The van der Waals surface area contributed by atoms with Crippen LogP contribution in [0.2, 0.25) is 0 Å². The maximum absolute atomic E-state index is 5.74. The summed E-state index contributed by atoms with van der Waals surface area (Å²) in [6, 6.07) is 0. The van der Waals surface area contributed by atoms with Gasteiger partial charge in [-0.25, -0.2) is 0 Å². The average molecular weight is 212 g/mol. The molecule has 0 bridgehead atoms. The molecule has 1 atom stereocenters. The van der Waals surface area contributed by atoms with Gasteiger partial charge in [0.15, 0.2) is 5.79 Å². The van der Waals surface area contributed by atoms with Crippen molar-refractivity contribution in [3.8, 4) is 0 Å². The van der Waals surface area contributed by atoms with Crippen LogP contribution < -0.4 is 0 Å². The smallest absolute Gasteiger partial charge is 0.162 e. The summed E-state index contributed by atoms with van der Waals surface area (Å²) in [5, 5.41) is 0. The van der Waals surface area contributed by atoms with Crippen LogP contribution in [-0.2, 0) is 9.47 Å². The van der Waals surface area contributed by atoms with Crippen LogP contribution in [0.15, 0.2) is 0 Å². The lowest BCUT2D eigenvalue weighted by molar-refractivity contribution is -0.267. The number of rotatable bonds is 1. The minimum atomic E-state index is -0.357. The zero-order chi connectivity index (χ0) is 11.1. The van der Waals surface area contributed by atoms with E-state index in [0.717, 1.165) is 19.1 Å². The third kappa shape index (κ3) is 2.73. The van der Waals surface area contributed by atoms with Crippen LogP contribution >= 0.6 is 0 Å². The molecule has 0 spiro atoms. The fourth-order valence-corrected chi connectivity index (χ4v) is 2.87. The fraction of sp³-hybridized carbons (Fsp3) is 1.00. The minimum Gasteiger partial charge on any atom is -0.350 e. The molecule has 2 fully saturated rings. The molecule has 0 aromatic rings. The Morgan fingerprint density at radius 2 is 1.53 bits per heavy atom. The van der Waals surface area contributed by atoms with Gasteiger partial charge in [-0.2, -0.15) is 0 Å². The van der Waals surface area contributed by atoms with Gasteiger partial charge in [-0.05, 0) is 44.4 Å². The van der Waals surface area contributed by atoms with Crippen molar-refractivity contribution in [1.29, 1.82) is 0 Å². The molecule has 2 rings (SSSR count). The predicted octanol–water partition coefficient (Wildman–Crippen LogP) is 3.21. The Kier molecular flexibility index (Phi) is 2.85. The molecular weight excluding hydrogens is 188 g/mol. The Hall–Kier alpha value is -0.0800. The molecule has 2 heteroatoms. The SMILES string of the molecule is CC1(C)CCC(C2COC(C)(C)OC2)C1. The van der Waals surface area contributed by atoms with Crippen LogP contribution in [0.3, 0.4) is 0 Å². The monoisotopic (exact) mass is 212 g/mol. The van der Waals surface area contributed by atoms with Crippen LogP contribution in [-0.4, -0.2) is 19.0 Å². The molecule has 1 unspecified atom stereocenters. The molecule has 1 saturated heterocycles. The van der Waals surface area contributed by atoms with Gasteiger partial charge in [-0.15, -0.1) is 0 Å². The van der Waals surface area contributed by atoms with Crippen molar-refractivity contribution in [2.75, 3.05) is 13.2 Å². The molecule has 2 aliphatic rings. The highest BCUT2D eigenvalue weighted by atomic mass is 16.7. The quantitative estimate of drug-likeness (QED) is 0.664. The Morgan fingerprint density at radius 3 is 2.00 bits per heavy atom. The fourth-order valence-electron chi connectivity index (χ4n) is 2.87. The lowest BCUT2D eigenvalue weighted by Gasteiger charge is -2.37. The van der Waals surface area contributed by atoms with E-state index in [-0.39, 0.29) is 5.79 Å². The Morgan fingerprint density at radius 1 is 0.933 bits per heavy atom. The van der Waals surface area contributed by atoms with E-state index in [0.29, 0.717) is 11.3 Å². The van der Waals surface area contributed by atoms with Gasteiger partial charge < -0.3 is 9.47 Å². The number of hydrogen-bond donors (Lipinski definition) is 0. The van der Waals surface area contributed by atoms with Gasteiger partial charge in [0.05, 0.1) is 13.2 Å². The van der Waals surface area contributed by atoms with E-state index in [1.807, 2.05) is 13.8 Å². The van der Waals surface area contributed by atoms with E-state index < -0.39 is 0 Å².